The lowest BCUT2D eigenvalue weighted by atomic mass is 9.90. The maximum absolute atomic E-state index is 6.26. The molecule has 1 heterocycles. The van der Waals surface area contributed by atoms with Crippen LogP contribution >= 0.6 is 11.6 Å². The zero-order valence-corrected chi connectivity index (χ0v) is 11.8. The minimum Gasteiger partial charge on any atom is -0.495 e. The lowest BCUT2D eigenvalue weighted by Crippen LogP contribution is -2.36. The fourth-order valence-corrected chi connectivity index (χ4v) is 3.84. The summed E-state index contributed by atoms with van der Waals surface area (Å²) in [6.45, 7) is 2.27. The minimum atomic E-state index is 0.529. The van der Waals surface area contributed by atoms with Gasteiger partial charge in [-0.2, -0.15) is 0 Å². The van der Waals surface area contributed by atoms with Gasteiger partial charge in [-0.25, -0.2) is 0 Å². The van der Waals surface area contributed by atoms with Crippen molar-refractivity contribution in [1.82, 2.24) is 5.32 Å². The van der Waals surface area contributed by atoms with E-state index in [2.05, 4.69) is 24.4 Å². The Kier molecular flexibility index (Phi) is 3.25. The molecule has 3 rings (SSSR count). The molecule has 18 heavy (non-hydrogen) atoms. The van der Waals surface area contributed by atoms with E-state index in [-0.39, 0.29) is 0 Å². The van der Waals surface area contributed by atoms with E-state index in [0.29, 0.717) is 18.0 Å². The fourth-order valence-electron chi connectivity index (χ4n) is 3.57. The van der Waals surface area contributed by atoms with Gasteiger partial charge in [-0.1, -0.05) is 18.0 Å². The molecule has 3 atom stereocenters. The van der Waals surface area contributed by atoms with Crippen molar-refractivity contribution < 1.29 is 4.74 Å². The molecule has 2 aliphatic rings. The molecule has 0 amide bonds. The van der Waals surface area contributed by atoms with Crippen LogP contribution in [-0.4, -0.2) is 19.2 Å². The summed E-state index contributed by atoms with van der Waals surface area (Å²) in [5.74, 6) is 1.45. The molecule has 1 fully saturated rings. The Morgan fingerprint density at radius 3 is 2.94 bits per heavy atom. The van der Waals surface area contributed by atoms with Crippen LogP contribution in [0.4, 0.5) is 0 Å². The summed E-state index contributed by atoms with van der Waals surface area (Å²) in [6.07, 6.45) is 4.95. The fraction of sp³-hybridized carbons (Fsp3) is 0.600. The topological polar surface area (TPSA) is 21.3 Å². The van der Waals surface area contributed by atoms with Crippen LogP contribution in [0.3, 0.4) is 0 Å². The Balaban J connectivity index is 2.09. The molecule has 0 saturated heterocycles. The molecule has 98 valence electrons. The Morgan fingerprint density at radius 2 is 2.17 bits per heavy atom. The minimum absolute atomic E-state index is 0.529. The van der Waals surface area contributed by atoms with Crippen molar-refractivity contribution in [1.29, 1.82) is 0 Å². The first-order valence-electron chi connectivity index (χ1n) is 6.81. The first kappa shape index (κ1) is 12.3. The van der Waals surface area contributed by atoms with E-state index >= 15 is 0 Å². The summed E-state index contributed by atoms with van der Waals surface area (Å²) < 4.78 is 5.37. The Hall–Kier alpha value is -0.730. The molecule has 3 heteroatoms. The number of ether oxygens (including phenoxy) is 1. The van der Waals surface area contributed by atoms with Gasteiger partial charge in [-0.3, -0.25) is 0 Å². The van der Waals surface area contributed by atoms with Crippen molar-refractivity contribution in [3.05, 3.63) is 28.3 Å². The Morgan fingerprint density at radius 1 is 1.33 bits per heavy atom. The van der Waals surface area contributed by atoms with Gasteiger partial charge in [0, 0.05) is 12.1 Å². The molecule has 0 bridgehead atoms. The van der Waals surface area contributed by atoms with Crippen LogP contribution in [0.1, 0.15) is 43.2 Å². The molecule has 2 nitrogen and oxygen atoms in total. The smallest absolute Gasteiger partial charge is 0.137 e. The molecule has 1 aromatic carbocycles. The summed E-state index contributed by atoms with van der Waals surface area (Å²) in [6, 6.07) is 5.43. The van der Waals surface area contributed by atoms with E-state index in [1.54, 1.807) is 7.11 Å². The Labute approximate surface area is 114 Å². The number of rotatable bonds is 1. The van der Waals surface area contributed by atoms with Crippen LogP contribution < -0.4 is 10.1 Å². The van der Waals surface area contributed by atoms with Crippen LogP contribution in [0.25, 0.3) is 0 Å². The third kappa shape index (κ3) is 2.02. The standard InChI is InChI=1S/C15H20ClNO/c1-9-6-10-7-13(16)15(18-2)8-12(10)11-4-3-5-14(11)17-9/h7-9,11,14,17H,3-6H2,1-2H3/t9-,11+,14-/m0/s1. The number of halogens is 1. The van der Waals surface area contributed by atoms with E-state index in [0.717, 1.165) is 17.2 Å². The molecule has 0 aromatic heterocycles. The number of hydrogen-bond acceptors (Lipinski definition) is 2. The highest BCUT2D eigenvalue weighted by atomic mass is 35.5. The molecule has 1 aliphatic carbocycles. The van der Waals surface area contributed by atoms with Gasteiger partial charge in [0.2, 0.25) is 0 Å². The van der Waals surface area contributed by atoms with E-state index in [4.69, 9.17) is 16.3 Å². The molecule has 0 spiro atoms. The molecule has 0 radical (unpaired) electrons. The van der Waals surface area contributed by atoms with Crippen molar-refractivity contribution in [2.75, 3.05) is 7.11 Å². The lowest BCUT2D eigenvalue weighted by Gasteiger charge is -2.21. The molecular weight excluding hydrogens is 246 g/mol. The number of fused-ring (bicyclic) bond motifs is 3. The largest absolute Gasteiger partial charge is 0.495 e. The van der Waals surface area contributed by atoms with E-state index in [1.165, 1.54) is 30.4 Å². The second kappa shape index (κ2) is 4.75. The van der Waals surface area contributed by atoms with Crippen LogP contribution in [0, 0.1) is 0 Å². The van der Waals surface area contributed by atoms with E-state index in [9.17, 15) is 0 Å². The van der Waals surface area contributed by atoms with E-state index in [1.807, 2.05) is 0 Å². The molecule has 1 aliphatic heterocycles. The average molecular weight is 266 g/mol. The third-order valence-corrected chi connectivity index (χ3v) is 4.65. The van der Waals surface area contributed by atoms with Gasteiger partial charge in [-0.05, 0) is 55.4 Å². The molecular formula is C15H20ClNO. The summed E-state index contributed by atoms with van der Waals surface area (Å²) in [5.41, 5.74) is 2.85. The van der Waals surface area contributed by atoms with Gasteiger partial charge in [0.1, 0.15) is 5.75 Å². The Bertz CT molecular complexity index is 460. The predicted octanol–water partition coefficient (Wildman–Crippen LogP) is 3.52. The SMILES string of the molecule is COc1cc2c(cc1Cl)C[C@H](C)N[C@H]1CCC[C@H]21. The number of benzene rings is 1. The van der Waals surface area contributed by atoms with Crippen LogP contribution in [-0.2, 0) is 6.42 Å². The van der Waals surface area contributed by atoms with Crippen molar-refractivity contribution >= 4 is 11.6 Å². The highest BCUT2D eigenvalue weighted by molar-refractivity contribution is 6.32. The maximum atomic E-state index is 6.26. The van der Waals surface area contributed by atoms with Gasteiger partial charge in [0.15, 0.2) is 0 Å². The van der Waals surface area contributed by atoms with Crippen molar-refractivity contribution in [3.8, 4) is 5.75 Å². The van der Waals surface area contributed by atoms with Crippen LogP contribution in [0.5, 0.6) is 5.75 Å². The summed E-state index contributed by atoms with van der Waals surface area (Å²) in [7, 11) is 1.69. The van der Waals surface area contributed by atoms with Gasteiger partial charge in [0.05, 0.1) is 12.1 Å². The normalized spacial score (nSPS) is 30.5. The van der Waals surface area contributed by atoms with Crippen LogP contribution in [0.2, 0.25) is 5.02 Å². The summed E-state index contributed by atoms with van der Waals surface area (Å²) >= 11 is 6.26. The number of nitrogens with one attached hydrogen (secondary N) is 1. The monoisotopic (exact) mass is 265 g/mol. The number of hydrogen-bond donors (Lipinski definition) is 1. The highest BCUT2D eigenvalue weighted by Gasteiger charge is 2.34. The molecule has 1 saturated carbocycles. The first-order chi connectivity index (χ1) is 8.69. The zero-order chi connectivity index (χ0) is 12.7. The average Bonchev–Trinajstić information content (AvgIpc) is 2.72. The quantitative estimate of drug-likeness (QED) is 0.839. The summed E-state index contributed by atoms with van der Waals surface area (Å²) in [5, 5.41) is 4.50. The van der Waals surface area contributed by atoms with Crippen molar-refractivity contribution in [2.45, 2.75) is 50.6 Å². The first-order valence-corrected chi connectivity index (χ1v) is 7.19. The van der Waals surface area contributed by atoms with Gasteiger partial charge >= 0.3 is 0 Å². The third-order valence-electron chi connectivity index (χ3n) is 4.35. The molecule has 1 aromatic rings. The molecule has 1 N–H and O–H groups in total. The van der Waals surface area contributed by atoms with Gasteiger partial charge in [-0.15, -0.1) is 0 Å². The predicted molar refractivity (Wildman–Crippen MR) is 74.7 cm³/mol. The van der Waals surface area contributed by atoms with E-state index < -0.39 is 0 Å². The number of methoxy groups -OCH3 is 1. The lowest BCUT2D eigenvalue weighted by molar-refractivity contribution is 0.412. The second-order valence-corrected chi connectivity index (χ2v) is 6.01. The molecule has 0 unspecified atom stereocenters. The van der Waals surface area contributed by atoms with Gasteiger partial charge < -0.3 is 10.1 Å². The second-order valence-electron chi connectivity index (χ2n) is 5.60. The van der Waals surface area contributed by atoms with Crippen molar-refractivity contribution in [3.63, 3.8) is 0 Å². The summed E-state index contributed by atoms with van der Waals surface area (Å²) in [4.78, 5) is 0. The van der Waals surface area contributed by atoms with Crippen molar-refractivity contribution in [2.24, 2.45) is 0 Å². The zero-order valence-electron chi connectivity index (χ0n) is 11.0. The van der Waals surface area contributed by atoms with Crippen LogP contribution in [0.15, 0.2) is 12.1 Å². The maximum Gasteiger partial charge on any atom is 0.137 e. The highest BCUT2D eigenvalue weighted by Crippen LogP contribution is 2.42. The van der Waals surface area contributed by atoms with Gasteiger partial charge in [0.25, 0.3) is 0 Å².